The van der Waals surface area contributed by atoms with E-state index in [0.29, 0.717) is 39.4 Å². The predicted octanol–water partition coefficient (Wildman–Crippen LogP) is 5.24. The van der Waals surface area contributed by atoms with Crippen molar-refractivity contribution in [3.8, 4) is 17.2 Å². The third-order valence-corrected chi connectivity index (χ3v) is 7.36. The van der Waals surface area contributed by atoms with Gasteiger partial charge in [0.1, 0.15) is 11.5 Å². The standard InChI is InChI=1S/C27H28N2O6S/c1-6-35-27(30)26-18(3)29(19-7-9-20(33-4)10-8-19)25-15-17(2)24(16-23(25)26)28-36(31,32)22-13-11-21(34-5)12-14-22/h7-16,28H,6H2,1-5H3. The Morgan fingerprint density at radius 3 is 2.06 bits per heavy atom. The molecule has 0 saturated heterocycles. The molecule has 4 aromatic rings. The Bertz CT molecular complexity index is 1520. The number of carbonyl (C=O) groups is 1. The average molecular weight is 509 g/mol. The maximum atomic E-state index is 13.1. The van der Waals surface area contributed by atoms with Crippen molar-refractivity contribution in [2.75, 3.05) is 25.5 Å². The Balaban J connectivity index is 1.87. The average Bonchev–Trinajstić information content (AvgIpc) is 3.14. The number of esters is 1. The molecule has 0 unspecified atom stereocenters. The molecule has 1 N–H and O–H groups in total. The van der Waals surface area contributed by atoms with Crippen LogP contribution in [0.4, 0.5) is 5.69 Å². The van der Waals surface area contributed by atoms with Crippen LogP contribution in [0.25, 0.3) is 16.6 Å². The summed E-state index contributed by atoms with van der Waals surface area (Å²) in [5.74, 6) is 0.797. The van der Waals surface area contributed by atoms with E-state index in [9.17, 15) is 13.2 Å². The summed E-state index contributed by atoms with van der Waals surface area (Å²) in [5.41, 5.74) is 3.72. The van der Waals surface area contributed by atoms with Crippen molar-refractivity contribution in [2.45, 2.75) is 25.7 Å². The van der Waals surface area contributed by atoms with E-state index in [0.717, 1.165) is 11.2 Å². The van der Waals surface area contributed by atoms with Crippen LogP contribution >= 0.6 is 0 Å². The first-order valence-electron chi connectivity index (χ1n) is 11.3. The molecule has 9 heteroatoms. The fraction of sp³-hybridized carbons (Fsp3) is 0.222. The van der Waals surface area contributed by atoms with Crippen LogP contribution < -0.4 is 14.2 Å². The highest BCUT2D eigenvalue weighted by molar-refractivity contribution is 7.92. The molecule has 0 radical (unpaired) electrons. The monoisotopic (exact) mass is 508 g/mol. The van der Waals surface area contributed by atoms with Gasteiger partial charge in [0.2, 0.25) is 0 Å². The molecular weight excluding hydrogens is 480 g/mol. The van der Waals surface area contributed by atoms with Crippen molar-refractivity contribution >= 4 is 32.6 Å². The van der Waals surface area contributed by atoms with Crippen LogP contribution in [0, 0.1) is 13.8 Å². The minimum atomic E-state index is -3.88. The number of rotatable bonds is 8. The largest absolute Gasteiger partial charge is 0.497 e. The number of aromatic nitrogens is 1. The number of methoxy groups -OCH3 is 2. The SMILES string of the molecule is CCOC(=O)c1c(C)n(-c2ccc(OC)cc2)c2cc(C)c(NS(=O)(=O)c3ccc(OC)cc3)cc12. The number of nitrogens with one attached hydrogen (secondary N) is 1. The Hall–Kier alpha value is -3.98. The summed E-state index contributed by atoms with van der Waals surface area (Å²) in [4.78, 5) is 13.1. The molecule has 3 aromatic carbocycles. The number of hydrogen-bond donors (Lipinski definition) is 1. The Kier molecular flexibility index (Phi) is 6.94. The lowest BCUT2D eigenvalue weighted by molar-refractivity contribution is 0.0527. The van der Waals surface area contributed by atoms with E-state index in [2.05, 4.69) is 4.72 Å². The van der Waals surface area contributed by atoms with E-state index in [4.69, 9.17) is 14.2 Å². The van der Waals surface area contributed by atoms with Gasteiger partial charge in [-0.25, -0.2) is 13.2 Å². The minimum absolute atomic E-state index is 0.0976. The quantitative estimate of drug-likeness (QED) is 0.327. The smallest absolute Gasteiger partial charge is 0.340 e. The van der Waals surface area contributed by atoms with E-state index in [1.807, 2.05) is 48.7 Å². The second kappa shape index (κ2) is 9.94. The van der Waals surface area contributed by atoms with Crippen LogP contribution in [-0.2, 0) is 14.8 Å². The van der Waals surface area contributed by atoms with E-state index in [1.54, 1.807) is 32.2 Å². The number of fused-ring (bicyclic) bond motifs is 1. The minimum Gasteiger partial charge on any atom is -0.497 e. The number of benzene rings is 3. The molecule has 188 valence electrons. The topological polar surface area (TPSA) is 95.9 Å². The van der Waals surface area contributed by atoms with Crippen LogP contribution in [0.15, 0.2) is 65.6 Å². The Morgan fingerprint density at radius 2 is 1.50 bits per heavy atom. The van der Waals surface area contributed by atoms with Crippen LogP contribution in [0.1, 0.15) is 28.5 Å². The van der Waals surface area contributed by atoms with Crippen molar-refractivity contribution in [2.24, 2.45) is 0 Å². The summed E-state index contributed by atoms with van der Waals surface area (Å²) < 4.78 is 46.6. The normalized spacial score (nSPS) is 11.4. The third-order valence-electron chi connectivity index (χ3n) is 5.97. The molecule has 1 heterocycles. The number of aryl methyl sites for hydroxylation is 1. The zero-order valence-corrected chi connectivity index (χ0v) is 21.6. The van der Waals surface area contributed by atoms with Crippen LogP contribution in [0.2, 0.25) is 0 Å². The van der Waals surface area contributed by atoms with Crippen LogP contribution in [-0.4, -0.2) is 39.8 Å². The van der Waals surface area contributed by atoms with E-state index < -0.39 is 16.0 Å². The maximum Gasteiger partial charge on any atom is 0.340 e. The molecule has 4 rings (SSSR count). The number of anilines is 1. The van der Waals surface area contributed by atoms with Gasteiger partial charge in [0, 0.05) is 16.8 Å². The van der Waals surface area contributed by atoms with Crippen molar-refractivity contribution in [3.63, 3.8) is 0 Å². The summed E-state index contributed by atoms with van der Waals surface area (Å²) in [6.45, 7) is 5.62. The number of sulfonamides is 1. The van der Waals surface area contributed by atoms with Gasteiger partial charge in [-0.15, -0.1) is 0 Å². The zero-order valence-electron chi connectivity index (χ0n) is 20.8. The molecule has 0 atom stereocenters. The van der Waals surface area contributed by atoms with Crippen molar-refractivity contribution in [1.82, 2.24) is 4.57 Å². The molecule has 8 nitrogen and oxygen atoms in total. The molecular formula is C27H28N2O6S. The van der Waals surface area contributed by atoms with Crippen molar-refractivity contribution in [1.29, 1.82) is 0 Å². The second-order valence-corrected chi connectivity index (χ2v) is 9.86. The first kappa shape index (κ1) is 25.1. The van der Waals surface area contributed by atoms with Crippen LogP contribution in [0.3, 0.4) is 0 Å². The molecule has 0 fully saturated rings. The van der Waals surface area contributed by atoms with Gasteiger partial charge in [0.15, 0.2) is 0 Å². The first-order chi connectivity index (χ1) is 17.2. The first-order valence-corrected chi connectivity index (χ1v) is 12.8. The number of hydrogen-bond acceptors (Lipinski definition) is 6. The number of carbonyl (C=O) groups excluding carboxylic acids is 1. The molecule has 0 amide bonds. The van der Waals surface area contributed by atoms with Crippen LogP contribution in [0.5, 0.6) is 11.5 Å². The fourth-order valence-electron chi connectivity index (χ4n) is 4.16. The summed E-state index contributed by atoms with van der Waals surface area (Å²) in [5, 5.41) is 0.583. The van der Waals surface area contributed by atoms with Crippen molar-refractivity contribution in [3.05, 3.63) is 77.5 Å². The lowest BCUT2D eigenvalue weighted by Gasteiger charge is -2.13. The summed E-state index contributed by atoms with van der Waals surface area (Å²) in [6.07, 6.45) is 0. The van der Waals surface area contributed by atoms with Gasteiger partial charge in [0.25, 0.3) is 10.0 Å². The summed E-state index contributed by atoms with van der Waals surface area (Å²) in [6, 6.07) is 17.2. The number of ether oxygens (including phenoxy) is 3. The molecule has 0 saturated carbocycles. The maximum absolute atomic E-state index is 13.1. The fourth-order valence-corrected chi connectivity index (χ4v) is 5.28. The molecule has 0 aliphatic rings. The highest BCUT2D eigenvalue weighted by Gasteiger charge is 2.24. The van der Waals surface area contributed by atoms with E-state index in [-0.39, 0.29) is 11.5 Å². The number of nitrogens with zero attached hydrogens (tertiary/aromatic N) is 1. The van der Waals surface area contributed by atoms with Crippen molar-refractivity contribution < 1.29 is 27.4 Å². The van der Waals surface area contributed by atoms with Gasteiger partial charge < -0.3 is 18.8 Å². The molecule has 1 aromatic heterocycles. The van der Waals surface area contributed by atoms with Gasteiger partial charge in [-0.1, -0.05) is 0 Å². The predicted molar refractivity (Wildman–Crippen MR) is 139 cm³/mol. The van der Waals surface area contributed by atoms with Gasteiger partial charge in [0.05, 0.1) is 42.5 Å². The van der Waals surface area contributed by atoms with Gasteiger partial charge in [-0.2, -0.15) is 0 Å². The Labute approximate surface area is 210 Å². The zero-order chi connectivity index (χ0) is 26.0. The summed E-state index contributed by atoms with van der Waals surface area (Å²) >= 11 is 0. The van der Waals surface area contributed by atoms with Gasteiger partial charge >= 0.3 is 5.97 Å². The Morgan fingerprint density at radius 1 is 0.917 bits per heavy atom. The summed E-state index contributed by atoms with van der Waals surface area (Å²) in [7, 11) is -0.764. The van der Waals surface area contributed by atoms with Gasteiger partial charge in [-0.05, 0) is 87.0 Å². The second-order valence-electron chi connectivity index (χ2n) is 8.18. The highest BCUT2D eigenvalue weighted by Crippen LogP contribution is 2.35. The van der Waals surface area contributed by atoms with E-state index >= 15 is 0 Å². The van der Waals surface area contributed by atoms with E-state index in [1.165, 1.54) is 19.2 Å². The molecule has 0 spiro atoms. The highest BCUT2D eigenvalue weighted by atomic mass is 32.2. The molecule has 0 bridgehead atoms. The molecule has 36 heavy (non-hydrogen) atoms. The lowest BCUT2D eigenvalue weighted by atomic mass is 10.1. The molecule has 0 aliphatic carbocycles. The third kappa shape index (κ3) is 4.61. The lowest BCUT2D eigenvalue weighted by Crippen LogP contribution is -2.14. The van der Waals surface area contributed by atoms with Gasteiger partial charge in [-0.3, -0.25) is 4.72 Å². The molecule has 0 aliphatic heterocycles.